The van der Waals surface area contributed by atoms with E-state index in [1.807, 2.05) is 7.05 Å². The second-order valence-corrected chi connectivity index (χ2v) is 9.05. The van der Waals surface area contributed by atoms with E-state index in [2.05, 4.69) is 99.7 Å². The Balaban J connectivity index is 2.02. The van der Waals surface area contributed by atoms with E-state index in [0.717, 1.165) is 16.9 Å². The van der Waals surface area contributed by atoms with Gasteiger partial charge in [-0.2, -0.15) is 0 Å². The van der Waals surface area contributed by atoms with Crippen LogP contribution in [-0.2, 0) is 5.54 Å². The van der Waals surface area contributed by atoms with Crippen LogP contribution < -0.4 is 5.32 Å². The first kappa shape index (κ1) is 18.8. The van der Waals surface area contributed by atoms with E-state index < -0.39 is 5.54 Å². The lowest BCUT2D eigenvalue weighted by Crippen LogP contribution is -2.40. The molecule has 0 saturated carbocycles. The number of hydrogen-bond acceptors (Lipinski definition) is 3. The topological polar surface area (TPSA) is 45.6 Å². The molecule has 2 heterocycles. The Kier molecular flexibility index (Phi) is 4.76. The SMILES string of the molecule is CNC(C)(c1nc2ccc(C)cc2[nH]1)c1c(C)cc(C)c2c1ccn2SI. The largest absolute Gasteiger partial charge is 0.340 e. The zero-order valence-electron chi connectivity index (χ0n) is 16.1. The number of nitrogens with zero attached hydrogens (tertiary/aromatic N) is 2. The third-order valence-electron chi connectivity index (χ3n) is 5.51. The third-order valence-corrected chi connectivity index (χ3v) is 7.23. The van der Waals surface area contributed by atoms with Crippen molar-refractivity contribution in [3.63, 3.8) is 0 Å². The molecular weight excluding hydrogens is 467 g/mol. The van der Waals surface area contributed by atoms with E-state index in [9.17, 15) is 0 Å². The average Bonchev–Trinajstić information content (AvgIpc) is 3.25. The summed E-state index contributed by atoms with van der Waals surface area (Å²) in [5.74, 6) is 0.939. The average molecular weight is 490 g/mol. The maximum Gasteiger partial charge on any atom is 0.132 e. The first-order valence-corrected chi connectivity index (χ1v) is 12.3. The Hall–Kier alpha value is -1.51. The first-order valence-electron chi connectivity index (χ1n) is 8.95. The molecule has 0 aliphatic carbocycles. The minimum Gasteiger partial charge on any atom is -0.340 e. The summed E-state index contributed by atoms with van der Waals surface area (Å²) in [5, 5.41) is 4.82. The molecule has 2 aromatic carbocycles. The van der Waals surface area contributed by atoms with Crippen molar-refractivity contribution in [2.45, 2.75) is 33.2 Å². The van der Waals surface area contributed by atoms with Crippen molar-refractivity contribution in [1.29, 1.82) is 0 Å². The predicted molar refractivity (Wildman–Crippen MR) is 125 cm³/mol. The van der Waals surface area contributed by atoms with E-state index in [1.165, 1.54) is 33.2 Å². The quantitative estimate of drug-likeness (QED) is 0.357. The standard InChI is InChI=1S/C21H23IN4S/c1-12-6-7-16-17(10-12)25-20(24-16)21(4,23-5)18-13(2)11-14(3)19-15(18)8-9-26(19)27-22/h6-11,23H,1-5H3,(H,24,25). The van der Waals surface area contributed by atoms with E-state index in [-0.39, 0.29) is 0 Å². The maximum absolute atomic E-state index is 4.94. The van der Waals surface area contributed by atoms with Crippen LogP contribution in [0.1, 0.15) is 35.0 Å². The van der Waals surface area contributed by atoms with Crippen LogP contribution in [-0.4, -0.2) is 21.0 Å². The number of hydrogen-bond donors (Lipinski definition) is 2. The van der Waals surface area contributed by atoms with E-state index >= 15 is 0 Å². The van der Waals surface area contributed by atoms with Crippen molar-refractivity contribution in [2.75, 3.05) is 7.05 Å². The van der Waals surface area contributed by atoms with Crippen molar-refractivity contribution in [1.82, 2.24) is 19.3 Å². The summed E-state index contributed by atoms with van der Waals surface area (Å²) >= 11 is 2.33. The highest BCUT2D eigenvalue weighted by Crippen LogP contribution is 2.39. The monoisotopic (exact) mass is 490 g/mol. The van der Waals surface area contributed by atoms with Gasteiger partial charge >= 0.3 is 0 Å². The lowest BCUT2D eigenvalue weighted by molar-refractivity contribution is 0.462. The molecule has 4 aromatic rings. The van der Waals surface area contributed by atoms with Crippen molar-refractivity contribution in [3.05, 3.63) is 64.6 Å². The highest BCUT2D eigenvalue weighted by atomic mass is 127. The number of nitrogens with one attached hydrogen (secondary N) is 2. The van der Waals surface area contributed by atoms with E-state index in [1.54, 1.807) is 9.12 Å². The van der Waals surface area contributed by atoms with Gasteiger partial charge in [0.1, 0.15) is 11.4 Å². The number of halogens is 1. The second kappa shape index (κ2) is 6.83. The third kappa shape index (κ3) is 2.89. The molecule has 6 heteroatoms. The summed E-state index contributed by atoms with van der Waals surface area (Å²) in [6.07, 6.45) is 2.15. The summed E-state index contributed by atoms with van der Waals surface area (Å²) in [5.41, 5.74) is 7.98. The van der Waals surface area contributed by atoms with E-state index in [0.29, 0.717) is 0 Å². The molecule has 0 spiro atoms. The van der Waals surface area contributed by atoms with Crippen LogP contribution in [0.25, 0.3) is 21.9 Å². The van der Waals surface area contributed by atoms with Gasteiger partial charge in [0.2, 0.25) is 0 Å². The van der Waals surface area contributed by atoms with Gasteiger partial charge in [0.05, 0.1) is 16.6 Å². The fourth-order valence-corrected chi connectivity index (χ4v) is 5.53. The minimum absolute atomic E-state index is 0.426. The summed E-state index contributed by atoms with van der Waals surface area (Å²) in [6.45, 7) is 8.69. The normalized spacial score (nSPS) is 14.1. The smallest absolute Gasteiger partial charge is 0.132 e. The van der Waals surface area contributed by atoms with Crippen LogP contribution in [0.3, 0.4) is 0 Å². The molecular formula is C21H23IN4S. The summed E-state index contributed by atoms with van der Waals surface area (Å²) in [4.78, 5) is 8.51. The molecule has 2 aromatic heterocycles. The van der Waals surface area contributed by atoms with Gasteiger partial charge < -0.3 is 10.3 Å². The van der Waals surface area contributed by atoms with Crippen LogP contribution >= 0.6 is 30.3 Å². The molecule has 0 bridgehead atoms. The van der Waals surface area contributed by atoms with Gasteiger partial charge in [0, 0.05) is 41.9 Å². The van der Waals surface area contributed by atoms with Crippen molar-refractivity contribution < 1.29 is 0 Å². The Morgan fingerprint density at radius 1 is 1.15 bits per heavy atom. The number of fused-ring (bicyclic) bond motifs is 2. The van der Waals surface area contributed by atoms with Crippen LogP contribution in [0.4, 0.5) is 0 Å². The Labute approximate surface area is 175 Å². The zero-order chi connectivity index (χ0) is 19.3. The van der Waals surface area contributed by atoms with Gasteiger partial charge in [0.25, 0.3) is 0 Å². The van der Waals surface area contributed by atoms with Gasteiger partial charge in [0.15, 0.2) is 0 Å². The molecule has 4 nitrogen and oxygen atoms in total. The van der Waals surface area contributed by atoms with Gasteiger partial charge in [-0.25, -0.2) is 4.98 Å². The number of aryl methyl sites for hydroxylation is 3. The summed E-state index contributed by atoms with van der Waals surface area (Å²) < 4.78 is 2.23. The predicted octanol–water partition coefficient (Wildman–Crippen LogP) is 5.77. The van der Waals surface area contributed by atoms with Gasteiger partial charge in [-0.3, -0.25) is 3.97 Å². The molecule has 0 aliphatic heterocycles. The highest BCUT2D eigenvalue weighted by molar-refractivity contribution is 14.2. The zero-order valence-corrected chi connectivity index (χ0v) is 19.1. The van der Waals surface area contributed by atoms with Gasteiger partial charge in [-0.15, -0.1) is 0 Å². The van der Waals surface area contributed by atoms with Crippen molar-refractivity contribution >= 4 is 52.3 Å². The number of benzene rings is 2. The van der Waals surface area contributed by atoms with Crippen LogP contribution in [0.5, 0.6) is 0 Å². The first-order chi connectivity index (χ1) is 12.9. The molecule has 1 atom stereocenters. The number of aromatic nitrogens is 3. The molecule has 0 saturated heterocycles. The molecule has 27 heavy (non-hydrogen) atoms. The Morgan fingerprint density at radius 3 is 2.63 bits per heavy atom. The molecule has 140 valence electrons. The lowest BCUT2D eigenvalue weighted by atomic mass is 9.84. The number of aromatic amines is 1. The summed E-state index contributed by atoms with van der Waals surface area (Å²) in [7, 11) is 3.70. The second-order valence-electron chi connectivity index (χ2n) is 7.34. The van der Waals surface area contributed by atoms with Gasteiger partial charge in [-0.1, -0.05) is 12.1 Å². The fraction of sp³-hybridized carbons (Fsp3) is 0.286. The molecule has 4 rings (SSSR count). The molecule has 2 N–H and O–H groups in total. The van der Waals surface area contributed by atoms with Crippen LogP contribution in [0, 0.1) is 20.8 Å². The fourth-order valence-electron chi connectivity index (χ4n) is 4.12. The summed E-state index contributed by atoms with van der Waals surface area (Å²) in [6, 6.07) is 10.9. The van der Waals surface area contributed by atoms with Crippen molar-refractivity contribution in [2.24, 2.45) is 0 Å². The minimum atomic E-state index is -0.426. The number of H-pyrrole nitrogens is 1. The van der Waals surface area contributed by atoms with Crippen LogP contribution in [0.15, 0.2) is 36.5 Å². The maximum atomic E-state index is 4.94. The van der Waals surface area contributed by atoms with Crippen molar-refractivity contribution in [3.8, 4) is 0 Å². The molecule has 1 unspecified atom stereocenters. The number of rotatable bonds is 4. The van der Waals surface area contributed by atoms with Gasteiger partial charge in [-0.05, 0) is 75.2 Å². The van der Waals surface area contributed by atoms with Crippen LogP contribution in [0.2, 0.25) is 0 Å². The Bertz CT molecular complexity index is 1160. The Morgan fingerprint density at radius 2 is 1.93 bits per heavy atom. The lowest BCUT2D eigenvalue weighted by Gasteiger charge is -2.30. The molecule has 0 radical (unpaired) electrons. The van der Waals surface area contributed by atoms with E-state index in [4.69, 9.17) is 4.98 Å². The number of imidazole rings is 1. The molecule has 0 aliphatic rings. The highest BCUT2D eigenvalue weighted by Gasteiger charge is 2.34. The molecule has 0 fully saturated rings. The molecule has 0 amide bonds.